The van der Waals surface area contributed by atoms with Crippen molar-refractivity contribution in [3.63, 3.8) is 0 Å². The van der Waals surface area contributed by atoms with Crippen LogP contribution in [0.15, 0.2) is 0 Å². The van der Waals surface area contributed by atoms with E-state index in [1.807, 2.05) is 18.7 Å². The van der Waals surface area contributed by atoms with Gasteiger partial charge in [0.15, 0.2) is 0 Å². The van der Waals surface area contributed by atoms with Crippen molar-refractivity contribution in [1.82, 2.24) is 4.90 Å². The Hall–Kier alpha value is -0.610. The molecule has 0 radical (unpaired) electrons. The first-order valence-electron chi connectivity index (χ1n) is 6.04. The first-order chi connectivity index (χ1) is 7.36. The highest BCUT2D eigenvalue weighted by molar-refractivity contribution is 5.85. The maximum Gasteiger partial charge on any atom is 0.254 e. The van der Waals surface area contributed by atoms with Crippen molar-refractivity contribution in [2.45, 2.75) is 45.8 Å². The fourth-order valence-electron chi connectivity index (χ4n) is 1.94. The first-order valence-corrected chi connectivity index (χ1v) is 6.04. The third-order valence-electron chi connectivity index (χ3n) is 2.93. The minimum absolute atomic E-state index is 0.0279. The number of morpholine rings is 1. The fraction of sp³-hybridized carbons (Fsp3) is 0.917. The summed E-state index contributed by atoms with van der Waals surface area (Å²) >= 11 is 0. The summed E-state index contributed by atoms with van der Waals surface area (Å²) in [6.45, 7) is 9.87. The molecule has 0 spiro atoms. The Morgan fingerprint density at radius 1 is 1.56 bits per heavy atom. The van der Waals surface area contributed by atoms with Crippen LogP contribution < -0.4 is 5.73 Å². The highest BCUT2D eigenvalue weighted by Gasteiger charge is 2.40. The smallest absolute Gasteiger partial charge is 0.254 e. The van der Waals surface area contributed by atoms with Crippen LogP contribution in [-0.4, -0.2) is 42.1 Å². The number of rotatable bonds is 4. The molecule has 0 aliphatic carbocycles. The summed E-state index contributed by atoms with van der Waals surface area (Å²) in [5.74, 6) is 0.688. The molecule has 0 aromatic carbocycles. The Balaban J connectivity index is 2.63. The van der Waals surface area contributed by atoms with Gasteiger partial charge in [-0.1, -0.05) is 13.8 Å². The average molecular weight is 228 g/mol. The number of hydrogen-bond acceptors (Lipinski definition) is 3. The minimum Gasteiger partial charge on any atom is -0.359 e. The topological polar surface area (TPSA) is 55.6 Å². The highest BCUT2D eigenvalue weighted by atomic mass is 16.5. The Morgan fingerprint density at radius 3 is 2.69 bits per heavy atom. The van der Waals surface area contributed by atoms with Crippen LogP contribution in [0.1, 0.15) is 34.1 Å². The number of amides is 1. The second-order valence-corrected chi connectivity index (χ2v) is 5.42. The molecule has 1 fully saturated rings. The molecule has 1 unspecified atom stereocenters. The third-order valence-corrected chi connectivity index (χ3v) is 2.93. The summed E-state index contributed by atoms with van der Waals surface area (Å²) < 4.78 is 5.66. The molecule has 1 amide bonds. The lowest BCUT2D eigenvalue weighted by Gasteiger charge is -2.41. The molecule has 1 atom stereocenters. The Bertz CT molecular complexity index is 251. The molecule has 0 aromatic heterocycles. The van der Waals surface area contributed by atoms with Gasteiger partial charge in [0, 0.05) is 19.6 Å². The zero-order chi connectivity index (χ0) is 12.3. The van der Waals surface area contributed by atoms with Crippen molar-refractivity contribution < 1.29 is 9.53 Å². The van der Waals surface area contributed by atoms with Crippen LogP contribution >= 0.6 is 0 Å². The summed E-state index contributed by atoms with van der Waals surface area (Å²) in [5.41, 5.74) is 4.90. The molecule has 1 rings (SSSR count). The maximum atomic E-state index is 12.1. The zero-order valence-corrected chi connectivity index (χ0v) is 10.8. The molecule has 0 aromatic rings. The van der Waals surface area contributed by atoms with Crippen molar-refractivity contribution in [2.24, 2.45) is 11.7 Å². The van der Waals surface area contributed by atoms with E-state index in [1.165, 1.54) is 0 Å². The molecule has 2 N–H and O–H groups in total. The van der Waals surface area contributed by atoms with Gasteiger partial charge in [0.25, 0.3) is 5.91 Å². The van der Waals surface area contributed by atoms with Gasteiger partial charge in [-0.25, -0.2) is 0 Å². The molecule has 4 nitrogen and oxygen atoms in total. The van der Waals surface area contributed by atoms with E-state index in [0.29, 0.717) is 19.0 Å². The van der Waals surface area contributed by atoms with Crippen LogP contribution in [0.5, 0.6) is 0 Å². The molecule has 0 bridgehead atoms. The van der Waals surface area contributed by atoms with Gasteiger partial charge in [-0.3, -0.25) is 4.79 Å². The Morgan fingerprint density at radius 2 is 2.19 bits per heavy atom. The minimum atomic E-state index is -0.723. The fourth-order valence-corrected chi connectivity index (χ4v) is 1.94. The van der Waals surface area contributed by atoms with E-state index >= 15 is 0 Å². The van der Waals surface area contributed by atoms with E-state index in [4.69, 9.17) is 10.5 Å². The van der Waals surface area contributed by atoms with Crippen LogP contribution in [0.2, 0.25) is 0 Å². The SMILES string of the molecule is CC(C)CCN1CC(CN)OC(C)(C)C1=O. The lowest BCUT2D eigenvalue weighted by Crippen LogP contribution is -2.58. The summed E-state index contributed by atoms with van der Waals surface area (Å²) in [4.78, 5) is 14.0. The molecule has 1 heterocycles. The largest absolute Gasteiger partial charge is 0.359 e. The quantitative estimate of drug-likeness (QED) is 0.781. The van der Waals surface area contributed by atoms with Crippen LogP contribution in [0.25, 0.3) is 0 Å². The van der Waals surface area contributed by atoms with E-state index in [1.54, 1.807) is 0 Å². The van der Waals surface area contributed by atoms with Crippen LogP contribution in [-0.2, 0) is 9.53 Å². The molecule has 1 aliphatic heterocycles. The van der Waals surface area contributed by atoms with Crippen molar-refractivity contribution in [1.29, 1.82) is 0 Å². The molecule has 16 heavy (non-hydrogen) atoms. The molecular weight excluding hydrogens is 204 g/mol. The summed E-state index contributed by atoms with van der Waals surface area (Å²) in [6, 6.07) is 0. The van der Waals surface area contributed by atoms with Gasteiger partial charge < -0.3 is 15.4 Å². The number of hydrogen-bond donors (Lipinski definition) is 1. The van der Waals surface area contributed by atoms with Crippen molar-refractivity contribution in [3.8, 4) is 0 Å². The van der Waals surface area contributed by atoms with Crippen LogP contribution in [0.4, 0.5) is 0 Å². The molecule has 1 saturated heterocycles. The van der Waals surface area contributed by atoms with Crippen molar-refractivity contribution in [3.05, 3.63) is 0 Å². The summed E-state index contributed by atoms with van der Waals surface area (Å²) in [7, 11) is 0. The van der Waals surface area contributed by atoms with Gasteiger partial charge >= 0.3 is 0 Å². The van der Waals surface area contributed by atoms with Gasteiger partial charge in [0.1, 0.15) is 5.60 Å². The molecule has 4 heteroatoms. The number of carbonyl (C=O) groups is 1. The van der Waals surface area contributed by atoms with Gasteiger partial charge in [0.05, 0.1) is 6.10 Å². The van der Waals surface area contributed by atoms with Gasteiger partial charge in [-0.2, -0.15) is 0 Å². The van der Waals surface area contributed by atoms with Crippen molar-refractivity contribution in [2.75, 3.05) is 19.6 Å². The number of carbonyl (C=O) groups excluding carboxylic acids is 1. The first kappa shape index (κ1) is 13.5. The van der Waals surface area contributed by atoms with Gasteiger partial charge in [-0.05, 0) is 26.2 Å². The highest BCUT2D eigenvalue weighted by Crippen LogP contribution is 2.22. The third kappa shape index (κ3) is 3.19. The normalized spacial score (nSPS) is 25.2. The number of nitrogens with zero attached hydrogens (tertiary/aromatic N) is 1. The van der Waals surface area contributed by atoms with Crippen molar-refractivity contribution >= 4 is 5.91 Å². The van der Waals surface area contributed by atoms with Gasteiger partial charge in [-0.15, -0.1) is 0 Å². The van der Waals surface area contributed by atoms with E-state index in [0.717, 1.165) is 13.0 Å². The number of ether oxygens (including phenoxy) is 1. The predicted octanol–water partition coefficient (Wildman–Crippen LogP) is 0.997. The van der Waals surface area contributed by atoms with E-state index in [-0.39, 0.29) is 12.0 Å². The van der Waals surface area contributed by atoms with E-state index < -0.39 is 5.60 Å². The molecule has 94 valence electrons. The lowest BCUT2D eigenvalue weighted by molar-refractivity contribution is -0.178. The summed E-state index contributed by atoms with van der Waals surface area (Å²) in [6.07, 6.45) is 0.999. The second kappa shape index (κ2) is 5.15. The Labute approximate surface area is 98.1 Å². The van der Waals surface area contributed by atoms with E-state index in [9.17, 15) is 4.79 Å². The number of nitrogens with two attached hydrogens (primary N) is 1. The summed E-state index contributed by atoms with van der Waals surface area (Å²) in [5, 5.41) is 0. The maximum absolute atomic E-state index is 12.1. The van der Waals surface area contributed by atoms with Gasteiger partial charge in [0.2, 0.25) is 0 Å². The molecule has 0 saturated carbocycles. The second-order valence-electron chi connectivity index (χ2n) is 5.42. The molecule has 1 aliphatic rings. The van der Waals surface area contributed by atoms with E-state index in [2.05, 4.69) is 13.8 Å². The van der Waals surface area contributed by atoms with Crippen LogP contribution in [0.3, 0.4) is 0 Å². The monoisotopic (exact) mass is 228 g/mol. The standard InChI is InChI=1S/C12H24N2O2/c1-9(2)5-6-14-8-10(7-13)16-12(3,4)11(14)15/h9-10H,5-8,13H2,1-4H3. The average Bonchev–Trinajstić information content (AvgIpc) is 2.19. The lowest BCUT2D eigenvalue weighted by atomic mass is 10.0. The van der Waals surface area contributed by atoms with Crippen LogP contribution in [0, 0.1) is 5.92 Å². The zero-order valence-electron chi connectivity index (χ0n) is 10.8. The Kier molecular flexibility index (Phi) is 4.33. The predicted molar refractivity (Wildman–Crippen MR) is 64.0 cm³/mol. The molecular formula is C12H24N2O2.